The summed E-state index contributed by atoms with van der Waals surface area (Å²) < 4.78 is 0. The standard InChI is InChI=1S/C16H19N3O/c20-16-15(18-13-7-3-4-8-14(13)19-16)11-9-17-12-6-2-1-5-10(11)12/h1-2,5-6,9,13-15,17-18H,3-4,7-8H2,(H,19,20)/t13-,14-,15+/m1/s1. The Labute approximate surface area is 117 Å². The van der Waals surface area contributed by atoms with Crippen LogP contribution in [-0.4, -0.2) is 23.0 Å². The van der Waals surface area contributed by atoms with Crippen molar-refractivity contribution in [1.82, 2.24) is 15.6 Å². The van der Waals surface area contributed by atoms with Crippen LogP contribution in [0, 0.1) is 0 Å². The van der Waals surface area contributed by atoms with E-state index in [9.17, 15) is 4.79 Å². The van der Waals surface area contributed by atoms with E-state index in [1.165, 1.54) is 12.8 Å². The van der Waals surface area contributed by atoms with Gasteiger partial charge in [-0.15, -0.1) is 0 Å². The van der Waals surface area contributed by atoms with Crippen molar-refractivity contribution in [3.63, 3.8) is 0 Å². The van der Waals surface area contributed by atoms with Crippen molar-refractivity contribution in [1.29, 1.82) is 0 Å². The molecule has 1 aromatic carbocycles. The third-order valence-corrected chi connectivity index (χ3v) is 4.67. The molecular weight excluding hydrogens is 250 g/mol. The molecule has 3 N–H and O–H groups in total. The van der Waals surface area contributed by atoms with Gasteiger partial charge in [0.1, 0.15) is 6.04 Å². The zero-order chi connectivity index (χ0) is 13.5. The molecule has 4 heteroatoms. The van der Waals surface area contributed by atoms with Crippen LogP contribution in [0.2, 0.25) is 0 Å². The Morgan fingerprint density at radius 3 is 2.75 bits per heavy atom. The van der Waals surface area contributed by atoms with Gasteiger partial charge in [-0.1, -0.05) is 31.0 Å². The molecule has 20 heavy (non-hydrogen) atoms. The number of H-pyrrole nitrogens is 1. The minimum atomic E-state index is -0.231. The van der Waals surface area contributed by atoms with Crippen molar-refractivity contribution in [2.24, 2.45) is 0 Å². The number of piperazine rings is 1. The Bertz CT molecular complexity index is 648. The molecule has 0 bridgehead atoms. The number of nitrogens with one attached hydrogen (secondary N) is 3. The highest BCUT2D eigenvalue weighted by atomic mass is 16.2. The molecule has 4 nitrogen and oxygen atoms in total. The third kappa shape index (κ3) is 1.83. The van der Waals surface area contributed by atoms with Crippen LogP contribution in [-0.2, 0) is 4.79 Å². The molecule has 2 aromatic rings. The fourth-order valence-electron chi connectivity index (χ4n) is 3.62. The fourth-order valence-corrected chi connectivity index (χ4v) is 3.62. The van der Waals surface area contributed by atoms with Crippen molar-refractivity contribution in [3.8, 4) is 0 Å². The average Bonchev–Trinajstić information content (AvgIpc) is 2.90. The number of rotatable bonds is 1. The maximum Gasteiger partial charge on any atom is 0.242 e. The predicted molar refractivity (Wildman–Crippen MR) is 78.4 cm³/mol. The minimum Gasteiger partial charge on any atom is -0.361 e. The van der Waals surface area contributed by atoms with Gasteiger partial charge in [-0.3, -0.25) is 10.1 Å². The first kappa shape index (κ1) is 12.0. The molecule has 2 heterocycles. The van der Waals surface area contributed by atoms with Crippen LogP contribution in [0.3, 0.4) is 0 Å². The fraction of sp³-hybridized carbons (Fsp3) is 0.438. The van der Waals surface area contributed by atoms with Crippen molar-refractivity contribution >= 4 is 16.8 Å². The number of aromatic amines is 1. The van der Waals surface area contributed by atoms with Gasteiger partial charge in [0.05, 0.1) is 0 Å². The van der Waals surface area contributed by atoms with E-state index in [2.05, 4.69) is 21.7 Å². The summed E-state index contributed by atoms with van der Waals surface area (Å²) in [5.41, 5.74) is 2.14. The van der Waals surface area contributed by atoms with Crippen LogP contribution >= 0.6 is 0 Å². The number of benzene rings is 1. The highest BCUT2D eigenvalue weighted by Gasteiger charge is 2.37. The summed E-state index contributed by atoms with van der Waals surface area (Å²) in [6, 6.07) is 8.65. The van der Waals surface area contributed by atoms with E-state index in [1.54, 1.807) is 0 Å². The molecule has 4 rings (SSSR count). The van der Waals surface area contributed by atoms with Gasteiger partial charge in [0.15, 0.2) is 0 Å². The van der Waals surface area contributed by atoms with Gasteiger partial charge in [-0.2, -0.15) is 0 Å². The first-order chi connectivity index (χ1) is 9.83. The van der Waals surface area contributed by atoms with Gasteiger partial charge in [-0.25, -0.2) is 0 Å². The topological polar surface area (TPSA) is 56.9 Å². The van der Waals surface area contributed by atoms with E-state index >= 15 is 0 Å². The molecule has 0 unspecified atom stereocenters. The van der Waals surface area contributed by atoms with Gasteiger partial charge < -0.3 is 10.3 Å². The summed E-state index contributed by atoms with van der Waals surface area (Å²) >= 11 is 0. The molecule has 1 aliphatic carbocycles. The van der Waals surface area contributed by atoms with Gasteiger partial charge in [-0.05, 0) is 18.9 Å². The Hall–Kier alpha value is -1.81. The normalized spacial score (nSPS) is 30.0. The maximum atomic E-state index is 12.4. The number of carbonyl (C=O) groups is 1. The number of hydrogen-bond donors (Lipinski definition) is 3. The predicted octanol–water partition coefficient (Wildman–Crippen LogP) is 2.24. The summed E-state index contributed by atoms with van der Waals surface area (Å²) in [5.74, 6) is 0.109. The Kier molecular flexibility index (Phi) is 2.77. The van der Waals surface area contributed by atoms with Crippen LogP contribution < -0.4 is 10.6 Å². The monoisotopic (exact) mass is 269 g/mol. The van der Waals surface area contributed by atoms with E-state index in [4.69, 9.17) is 0 Å². The smallest absolute Gasteiger partial charge is 0.242 e. The van der Waals surface area contributed by atoms with Crippen molar-refractivity contribution in [2.45, 2.75) is 43.8 Å². The van der Waals surface area contributed by atoms with Crippen LogP contribution in [0.1, 0.15) is 37.3 Å². The molecule has 1 amide bonds. The largest absolute Gasteiger partial charge is 0.361 e. The SMILES string of the molecule is O=C1N[C@@H]2CCCC[C@H]2N[C@H]1c1c[nH]c2ccccc12. The second-order valence-corrected chi connectivity index (χ2v) is 5.90. The summed E-state index contributed by atoms with van der Waals surface area (Å²) in [6.07, 6.45) is 6.70. The first-order valence-electron chi connectivity index (χ1n) is 7.45. The summed E-state index contributed by atoms with van der Waals surface area (Å²) in [7, 11) is 0. The number of aromatic nitrogens is 1. The lowest BCUT2D eigenvalue weighted by molar-refractivity contribution is -0.127. The number of para-hydroxylation sites is 1. The van der Waals surface area contributed by atoms with E-state index < -0.39 is 0 Å². The minimum absolute atomic E-state index is 0.109. The summed E-state index contributed by atoms with van der Waals surface area (Å²) in [6.45, 7) is 0. The molecule has 1 saturated heterocycles. The van der Waals surface area contributed by atoms with Gasteiger partial charge in [0, 0.05) is 34.7 Å². The molecule has 2 fully saturated rings. The van der Waals surface area contributed by atoms with E-state index in [1.807, 2.05) is 24.4 Å². The lowest BCUT2D eigenvalue weighted by Gasteiger charge is -2.40. The molecular formula is C16H19N3O. The molecule has 104 valence electrons. The van der Waals surface area contributed by atoms with Gasteiger partial charge in [0.25, 0.3) is 0 Å². The zero-order valence-electron chi connectivity index (χ0n) is 11.4. The second-order valence-electron chi connectivity index (χ2n) is 5.90. The molecule has 0 radical (unpaired) electrons. The quantitative estimate of drug-likeness (QED) is 0.743. The zero-order valence-corrected chi connectivity index (χ0v) is 11.4. The van der Waals surface area contributed by atoms with E-state index in [-0.39, 0.29) is 11.9 Å². The Balaban J connectivity index is 1.69. The number of fused-ring (bicyclic) bond motifs is 2. The maximum absolute atomic E-state index is 12.4. The Morgan fingerprint density at radius 2 is 1.85 bits per heavy atom. The number of hydrogen-bond acceptors (Lipinski definition) is 2. The highest BCUT2D eigenvalue weighted by molar-refractivity contribution is 5.92. The van der Waals surface area contributed by atoms with E-state index in [0.717, 1.165) is 29.3 Å². The summed E-state index contributed by atoms with van der Waals surface area (Å²) in [5, 5.41) is 7.91. The third-order valence-electron chi connectivity index (χ3n) is 4.67. The first-order valence-corrected chi connectivity index (χ1v) is 7.45. The van der Waals surface area contributed by atoms with Crippen molar-refractivity contribution in [2.75, 3.05) is 0 Å². The van der Waals surface area contributed by atoms with Crippen LogP contribution in [0.15, 0.2) is 30.5 Å². The van der Waals surface area contributed by atoms with Crippen LogP contribution in [0.25, 0.3) is 10.9 Å². The molecule has 1 saturated carbocycles. The van der Waals surface area contributed by atoms with Crippen molar-refractivity contribution < 1.29 is 4.79 Å². The van der Waals surface area contributed by atoms with Gasteiger partial charge in [0.2, 0.25) is 5.91 Å². The average molecular weight is 269 g/mol. The highest BCUT2D eigenvalue weighted by Crippen LogP contribution is 2.30. The molecule has 2 aliphatic rings. The molecule has 1 aliphatic heterocycles. The number of carbonyl (C=O) groups excluding carboxylic acids is 1. The molecule has 1 aromatic heterocycles. The lowest BCUT2D eigenvalue weighted by atomic mass is 9.86. The number of amides is 1. The van der Waals surface area contributed by atoms with Gasteiger partial charge >= 0.3 is 0 Å². The Morgan fingerprint density at radius 1 is 1.05 bits per heavy atom. The lowest BCUT2D eigenvalue weighted by Crippen LogP contribution is -2.61. The second kappa shape index (κ2) is 4.63. The molecule has 3 atom stereocenters. The van der Waals surface area contributed by atoms with Crippen molar-refractivity contribution in [3.05, 3.63) is 36.0 Å². The van der Waals surface area contributed by atoms with E-state index in [0.29, 0.717) is 12.1 Å². The van der Waals surface area contributed by atoms with Crippen LogP contribution in [0.5, 0.6) is 0 Å². The van der Waals surface area contributed by atoms with Crippen LogP contribution in [0.4, 0.5) is 0 Å². The molecule has 0 spiro atoms. The summed E-state index contributed by atoms with van der Waals surface area (Å²) in [4.78, 5) is 15.7.